The fourth-order valence-electron chi connectivity index (χ4n) is 3.18. The first-order valence-electron chi connectivity index (χ1n) is 7.22. The van der Waals surface area contributed by atoms with Crippen molar-refractivity contribution in [3.63, 3.8) is 0 Å². The summed E-state index contributed by atoms with van der Waals surface area (Å²) in [5, 5.41) is 3.00. The van der Waals surface area contributed by atoms with Crippen LogP contribution in [0, 0.1) is 0 Å². The van der Waals surface area contributed by atoms with E-state index in [1.165, 1.54) is 4.31 Å². The van der Waals surface area contributed by atoms with Crippen LogP contribution >= 0.6 is 0 Å². The van der Waals surface area contributed by atoms with Gasteiger partial charge in [0, 0.05) is 37.9 Å². The van der Waals surface area contributed by atoms with Crippen molar-refractivity contribution >= 4 is 15.9 Å². The monoisotopic (exact) mass is 312 g/mol. The third-order valence-corrected chi connectivity index (χ3v) is 5.50. The van der Waals surface area contributed by atoms with Crippen LogP contribution in [0.1, 0.15) is 25.1 Å². The Kier molecular flexibility index (Phi) is 3.75. The van der Waals surface area contributed by atoms with Gasteiger partial charge in [-0.05, 0) is 19.3 Å². The third kappa shape index (κ3) is 2.96. The van der Waals surface area contributed by atoms with Gasteiger partial charge in [0.05, 0.1) is 6.26 Å². The van der Waals surface area contributed by atoms with Gasteiger partial charge in [-0.15, -0.1) is 0 Å². The highest BCUT2D eigenvalue weighted by Gasteiger charge is 2.37. The summed E-state index contributed by atoms with van der Waals surface area (Å²) in [4.78, 5) is 16.6. The molecule has 2 aliphatic heterocycles. The SMILES string of the molecule is CS(=O)(=O)N1CCC[C@H]1C(=O)N[C@@H]1CCc2nccn2C1. The maximum Gasteiger partial charge on any atom is 0.238 e. The molecule has 7 nitrogen and oxygen atoms in total. The smallest absolute Gasteiger partial charge is 0.238 e. The highest BCUT2D eigenvalue weighted by molar-refractivity contribution is 7.88. The van der Waals surface area contributed by atoms with Crippen molar-refractivity contribution in [3.05, 3.63) is 18.2 Å². The first-order chi connectivity index (χ1) is 9.95. The van der Waals surface area contributed by atoms with E-state index in [1.54, 1.807) is 6.20 Å². The maximum absolute atomic E-state index is 12.4. The molecule has 0 bridgehead atoms. The van der Waals surface area contributed by atoms with E-state index >= 15 is 0 Å². The average molecular weight is 312 g/mol. The van der Waals surface area contributed by atoms with Crippen LogP contribution in [0.4, 0.5) is 0 Å². The Labute approximate surface area is 124 Å². The Morgan fingerprint density at radius 2 is 2.24 bits per heavy atom. The van der Waals surface area contributed by atoms with Crippen LogP contribution in [0.15, 0.2) is 12.4 Å². The molecule has 0 unspecified atom stereocenters. The van der Waals surface area contributed by atoms with Crippen molar-refractivity contribution in [1.82, 2.24) is 19.2 Å². The topological polar surface area (TPSA) is 84.3 Å². The largest absolute Gasteiger partial charge is 0.350 e. The predicted octanol–water partition coefficient (Wildman–Crippen LogP) is -0.262. The number of sulfonamides is 1. The molecule has 0 radical (unpaired) electrons. The van der Waals surface area contributed by atoms with Crippen molar-refractivity contribution in [2.45, 2.75) is 44.3 Å². The number of aryl methyl sites for hydroxylation is 1. The van der Waals surface area contributed by atoms with Crippen LogP contribution in [0.3, 0.4) is 0 Å². The van der Waals surface area contributed by atoms with Gasteiger partial charge in [-0.3, -0.25) is 4.79 Å². The molecule has 1 saturated heterocycles. The quantitative estimate of drug-likeness (QED) is 0.833. The molecule has 0 spiro atoms. The molecule has 0 saturated carbocycles. The number of carbonyl (C=O) groups excluding carboxylic acids is 1. The Bertz CT molecular complexity index is 640. The number of aromatic nitrogens is 2. The lowest BCUT2D eigenvalue weighted by Gasteiger charge is -2.28. The molecule has 3 rings (SSSR count). The van der Waals surface area contributed by atoms with E-state index in [2.05, 4.69) is 10.3 Å². The minimum atomic E-state index is -3.32. The molecule has 116 valence electrons. The van der Waals surface area contributed by atoms with Gasteiger partial charge < -0.3 is 9.88 Å². The number of imidazole rings is 1. The molecule has 1 N–H and O–H groups in total. The summed E-state index contributed by atoms with van der Waals surface area (Å²) in [6, 6.07) is -0.509. The highest BCUT2D eigenvalue weighted by atomic mass is 32.2. The second-order valence-corrected chi connectivity index (χ2v) is 7.71. The summed E-state index contributed by atoms with van der Waals surface area (Å²) < 4.78 is 26.8. The van der Waals surface area contributed by atoms with Crippen molar-refractivity contribution < 1.29 is 13.2 Å². The Morgan fingerprint density at radius 1 is 1.43 bits per heavy atom. The Morgan fingerprint density at radius 3 is 3.00 bits per heavy atom. The van der Waals surface area contributed by atoms with E-state index in [-0.39, 0.29) is 11.9 Å². The first kappa shape index (κ1) is 14.5. The summed E-state index contributed by atoms with van der Waals surface area (Å²) in [7, 11) is -3.32. The fourth-order valence-corrected chi connectivity index (χ4v) is 4.30. The molecule has 0 aliphatic carbocycles. The van der Waals surface area contributed by atoms with E-state index in [0.717, 1.165) is 31.3 Å². The second-order valence-electron chi connectivity index (χ2n) is 5.77. The number of hydrogen-bond donors (Lipinski definition) is 1. The van der Waals surface area contributed by atoms with Gasteiger partial charge in [0.25, 0.3) is 0 Å². The van der Waals surface area contributed by atoms with Crippen LogP contribution in [0.5, 0.6) is 0 Å². The molecule has 1 amide bonds. The van der Waals surface area contributed by atoms with Crippen LogP contribution in [-0.4, -0.2) is 53.1 Å². The summed E-state index contributed by atoms with van der Waals surface area (Å²) in [5.74, 6) is 0.866. The lowest BCUT2D eigenvalue weighted by molar-refractivity contribution is -0.125. The van der Waals surface area contributed by atoms with Gasteiger partial charge in [0.1, 0.15) is 11.9 Å². The Hall–Kier alpha value is -1.41. The van der Waals surface area contributed by atoms with Gasteiger partial charge in [0.2, 0.25) is 15.9 Å². The predicted molar refractivity (Wildman–Crippen MR) is 77.1 cm³/mol. The fraction of sp³-hybridized carbons (Fsp3) is 0.692. The summed E-state index contributed by atoms with van der Waals surface area (Å²) >= 11 is 0. The molecular formula is C13H20N4O3S. The minimum Gasteiger partial charge on any atom is -0.350 e. The standard InChI is InChI=1S/C13H20N4O3S/c1-21(19,20)17-7-2-3-11(17)13(18)15-10-4-5-12-14-6-8-16(12)9-10/h6,8,10-11H,2-5,7,9H2,1H3,(H,15,18)/t10-,11+/m1/s1. The molecular weight excluding hydrogens is 292 g/mol. The molecule has 21 heavy (non-hydrogen) atoms. The minimum absolute atomic E-state index is 0.0428. The molecule has 1 aromatic rings. The van der Waals surface area contributed by atoms with E-state index < -0.39 is 16.1 Å². The van der Waals surface area contributed by atoms with Crippen LogP contribution < -0.4 is 5.32 Å². The van der Waals surface area contributed by atoms with Crippen molar-refractivity contribution in [2.75, 3.05) is 12.8 Å². The summed E-state index contributed by atoms with van der Waals surface area (Å²) in [6.07, 6.45) is 7.85. The maximum atomic E-state index is 12.4. The van der Waals surface area contributed by atoms with Crippen LogP contribution in [0.25, 0.3) is 0 Å². The summed E-state index contributed by atoms with van der Waals surface area (Å²) in [5.41, 5.74) is 0. The highest BCUT2D eigenvalue weighted by Crippen LogP contribution is 2.21. The van der Waals surface area contributed by atoms with Crippen LogP contribution in [0.2, 0.25) is 0 Å². The van der Waals surface area contributed by atoms with Crippen LogP contribution in [-0.2, 0) is 27.8 Å². The van der Waals surface area contributed by atoms with Crippen molar-refractivity contribution in [1.29, 1.82) is 0 Å². The van der Waals surface area contributed by atoms with Gasteiger partial charge >= 0.3 is 0 Å². The molecule has 1 aromatic heterocycles. The zero-order chi connectivity index (χ0) is 15.0. The lowest BCUT2D eigenvalue weighted by atomic mass is 10.1. The molecule has 8 heteroatoms. The number of nitrogens with one attached hydrogen (secondary N) is 1. The lowest BCUT2D eigenvalue weighted by Crippen LogP contribution is -2.50. The van der Waals surface area contributed by atoms with Crippen molar-refractivity contribution in [2.24, 2.45) is 0 Å². The van der Waals surface area contributed by atoms with Gasteiger partial charge in [-0.25, -0.2) is 13.4 Å². The molecule has 3 heterocycles. The van der Waals surface area contributed by atoms with E-state index in [4.69, 9.17) is 0 Å². The number of nitrogens with zero attached hydrogens (tertiary/aromatic N) is 3. The third-order valence-electron chi connectivity index (χ3n) is 4.21. The zero-order valence-corrected chi connectivity index (χ0v) is 12.8. The van der Waals surface area contributed by atoms with E-state index in [9.17, 15) is 13.2 Å². The summed E-state index contributed by atoms with van der Waals surface area (Å²) in [6.45, 7) is 1.14. The van der Waals surface area contributed by atoms with Gasteiger partial charge in [-0.2, -0.15) is 4.31 Å². The number of fused-ring (bicyclic) bond motifs is 1. The van der Waals surface area contributed by atoms with E-state index in [1.807, 2.05) is 10.8 Å². The molecule has 2 aliphatic rings. The normalized spacial score (nSPS) is 26.5. The van der Waals surface area contributed by atoms with Gasteiger partial charge in [-0.1, -0.05) is 0 Å². The molecule has 1 fully saturated rings. The van der Waals surface area contributed by atoms with Crippen molar-refractivity contribution in [3.8, 4) is 0 Å². The van der Waals surface area contributed by atoms with Gasteiger partial charge in [0.15, 0.2) is 0 Å². The number of carbonyl (C=O) groups is 1. The van der Waals surface area contributed by atoms with E-state index in [0.29, 0.717) is 19.5 Å². The number of amides is 1. The first-order valence-corrected chi connectivity index (χ1v) is 9.07. The number of rotatable bonds is 3. The Balaban J connectivity index is 1.65. The second kappa shape index (κ2) is 5.42. The molecule has 0 aromatic carbocycles. The average Bonchev–Trinajstić information content (AvgIpc) is 3.06. The molecule has 2 atom stereocenters. The number of hydrogen-bond acceptors (Lipinski definition) is 4. The zero-order valence-electron chi connectivity index (χ0n) is 12.0.